The molecule has 0 heterocycles. The van der Waals surface area contributed by atoms with Crippen molar-refractivity contribution < 1.29 is 8.42 Å². The number of sulfone groups is 1. The van der Waals surface area contributed by atoms with Crippen molar-refractivity contribution >= 4 is 41.7 Å². The third-order valence-corrected chi connectivity index (χ3v) is 6.08. The van der Waals surface area contributed by atoms with Crippen LogP contribution in [0.5, 0.6) is 0 Å². The summed E-state index contributed by atoms with van der Waals surface area (Å²) in [7, 11) is -2.94. The lowest BCUT2D eigenvalue weighted by molar-refractivity contribution is 0.603. The first kappa shape index (κ1) is 16.6. The van der Waals surface area contributed by atoms with Gasteiger partial charge >= 0.3 is 0 Å². The molecule has 0 rings (SSSR count). The number of allylic oxidation sites excluding steroid dienone is 1. The molecule has 2 nitrogen and oxygen atoms in total. The molecule has 0 aliphatic rings. The molecule has 96 valence electrons. The minimum absolute atomic E-state index is 0.0355. The highest BCUT2D eigenvalue weighted by molar-refractivity contribution is 9.10. The Bertz CT molecular complexity index is 286. The lowest BCUT2D eigenvalue weighted by atomic mass is 10.1. The summed E-state index contributed by atoms with van der Waals surface area (Å²) < 4.78 is 22.4. The van der Waals surface area contributed by atoms with Crippen LogP contribution in [0.4, 0.5) is 0 Å². The molecular formula is C11H20Br2O2S. The predicted molar refractivity (Wildman–Crippen MR) is 78.2 cm³/mol. The molecular weight excluding hydrogens is 356 g/mol. The van der Waals surface area contributed by atoms with E-state index in [2.05, 4.69) is 38.8 Å². The van der Waals surface area contributed by atoms with E-state index in [-0.39, 0.29) is 10.4 Å². The zero-order valence-electron chi connectivity index (χ0n) is 9.66. The van der Waals surface area contributed by atoms with Crippen LogP contribution in [0.1, 0.15) is 39.0 Å². The quantitative estimate of drug-likeness (QED) is 0.346. The highest BCUT2D eigenvalue weighted by Crippen LogP contribution is 2.13. The van der Waals surface area contributed by atoms with Gasteiger partial charge in [0, 0.05) is 4.83 Å². The van der Waals surface area contributed by atoms with Crippen molar-refractivity contribution in [2.45, 2.75) is 43.9 Å². The minimum atomic E-state index is -2.94. The topological polar surface area (TPSA) is 34.1 Å². The van der Waals surface area contributed by atoms with Gasteiger partial charge in [-0.25, -0.2) is 8.42 Å². The molecule has 16 heavy (non-hydrogen) atoms. The summed E-state index contributed by atoms with van der Waals surface area (Å²) in [5, 5.41) is 0. The minimum Gasteiger partial charge on any atom is -0.228 e. The van der Waals surface area contributed by atoms with E-state index in [0.717, 1.165) is 6.42 Å². The Morgan fingerprint density at radius 2 is 1.94 bits per heavy atom. The Morgan fingerprint density at radius 3 is 2.50 bits per heavy atom. The fourth-order valence-corrected chi connectivity index (χ4v) is 2.85. The Labute approximate surface area is 116 Å². The first-order valence-corrected chi connectivity index (χ1v) is 9.44. The number of hydrogen-bond donors (Lipinski definition) is 0. The van der Waals surface area contributed by atoms with Crippen LogP contribution in [0.3, 0.4) is 0 Å². The van der Waals surface area contributed by atoms with Crippen LogP contribution in [0, 0.1) is 0 Å². The number of alkyl halides is 2. The van der Waals surface area contributed by atoms with Crippen LogP contribution in [0.2, 0.25) is 0 Å². The Kier molecular flexibility index (Phi) is 10.0. The Hall–Kier alpha value is 0.650. The maximum atomic E-state index is 11.2. The van der Waals surface area contributed by atoms with Gasteiger partial charge < -0.3 is 0 Å². The van der Waals surface area contributed by atoms with Gasteiger partial charge in [-0.3, -0.25) is 0 Å². The van der Waals surface area contributed by atoms with Gasteiger partial charge in [0.25, 0.3) is 0 Å². The van der Waals surface area contributed by atoms with E-state index < -0.39 is 9.84 Å². The van der Waals surface area contributed by atoms with Crippen molar-refractivity contribution in [2.75, 3.05) is 10.4 Å². The molecule has 0 aliphatic carbocycles. The molecule has 0 bridgehead atoms. The summed E-state index contributed by atoms with van der Waals surface area (Å²) in [6.45, 7) is 2.19. The van der Waals surface area contributed by atoms with E-state index >= 15 is 0 Å². The smallest absolute Gasteiger partial charge is 0.163 e. The van der Waals surface area contributed by atoms with E-state index in [0.29, 0.717) is 4.83 Å². The molecule has 1 unspecified atom stereocenters. The third kappa shape index (κ3) is 9.85. The van der Waals surface area contributed by atoms with Crippen molar-refractivity contribution in [3.05, 3.63) is 12.2 Å². The molecule has 0 aromatic heterocycles. The molecule has 0 aliphatic heterocycles. The van der Waals surface area contributed by atoms with Gasteiger partial charge in [-0.15, -0.1) is 0 Å². The van der Waals surface area contributed by atoms with Crippen molar-refractivity contribution in [1.29, 1.82) is 0 Å². The van der Waals surface area contributed by atoms with Gasteiger partial charge in [0.15, 0.2) is 9.84 Å². The number of hydrogen-bond acceptors (Lipinski definition) is 2. The van der Waals surface area contributed by atoms with Crippen LogP contribution in [-0.2, 0) is 9.84 Å². The van der Waals surface area contributed by atoms with Crippen molar-refractivity contribution in [1.82, 2.24) is 0 Å². The van der Waals surface area contributed by atoms with E-state index in [1.165, 1.54) is 25.7 Å². The summed E-state index contributed by atoms with van der Waals surface area (Å²) in [4.78, 5) is 0.301. The molecule has 0 aromatic rings. The first-order chi connectivity index (χ1) is 7.52. The summed E-state index contributed by atoms with van der Waals surface area (Å²) in [5.41, 5.74) is 0. The van der Waals surface area contributed by atoms with Gasteiger partial charge in [-0.05, 0) is 6.42 Å². The zero-order valence-corrected chi connectivity index (χ0v) is 13.7. The maximum Gasteiger partial charge on any atom is 0.163 e. The van der Waals surface area contributed by atoms with Gasteiger partial charge in [0.05, 0.1) is 5.75 Å². The summed E-state index contributed by atoms with van der Waals surface area (Å²) in [5.74, 6) is 0.120. The van der Waals surface area contributed by atoms with Crippen LogP contribution >= 0.6 is 31.9 Å². The molecule has 0 fully saturated rings. The average molecular weight is 376 g/mol. The second-order valence-electron chi connectivity index (χ2n) is 3.81. The summed E-state index contributed by atoms with van der Waals surface area (Å²) in [6.07, 6.45) is 9.71. The van der Waals surface area contributed by atoms with Gasteiger partial charge in [0.2, 0.25) is 0 Å². The van der Waals surface area contributed by atoms with Crippen LogP contribution in [0.25, 0.3) is 0 Å². The number of rotatable bonds is 9. The van der Waals surface area contributed by atoms with Crippen molar-refractivity contribution in [3.63, 3.8) is 0 Å². The van der Waals surface area contributed by atoms with Gasteiger partial charge in [0.1, 0.15) is 4.66 Å². The lowest BCUT2D eigenvalue weighted by Gasteiger charge is -2.03. The highest BCUT2D eigenvalue weighted by atomic mass is 79.9. The summed E-state index contributed by atoms with van der Waals surface area (Å²) >= 11 is 6.49. The van der Waals surface area contributed by atoms with Gasteiger partial charge in [-0.1, -0.05) is 76.6 Å². The molecule has 1 atom stereocenters. The largest absolute Gasteiger partial charge is 0.228 e. The maximum absolute atomic E-state index is 11.2. The SMILES string of the molecule is CCCCCCC(Br)C=CCS(=O)(=O)CBr. The normalized spacial score (nSPS) is 14.4. The standard InChI is InChI=1S/C11H20Br2O2S/c1-2-3-4-5-7-11(13)8-6-9-16(14,15)10-12/h6,8,11H,2-5,7,9-10H2,1H3. The molecule has 0 N–H and O–H groups in total. The second-order valence-corrected chi connectivity index (χ2v) is 8.40. The zero-order chi connectivity index (χ0) is 12.4. The molecule has 0 saturated heterocycles. The number of unbranched alkanes of at least 4 members (excludes halogenated alkanes) is 3. The summed E-state index contributed by atoms with van der Waals surface area (Å²) in [6, 6.07) is 0. The second kappa shape index (κ2) is 9.66. The molecule has 0 amide bonds. The number of halogens is 2. The molecule has 0 spiro atoms. The molecule has 5 heteroatoms. The lowest BCUT2D eigenvalue weighted by Crippen LogP contribution is -2.05. The highest BCUT2D eigenvalue weighted by Gasteiger charge is 2.05. The predicted octanol–water partition coefficient (Wildman–Crippen LogP) is 4.04. The van der Waals surface area contributed by atoms with Gasteiger partial charge in [-0.2, -0.15) is 0 Å². The van der Waals surface area contributed by atoms with E-state index in [9.17, 15) is 8.42 Å². The average Bonchev–Trinajstić information content (AvgIpc) is 2.24. The fourth-order valence-electron chi connectivity index (χ4n) is 1.26. The van der Waals surface area contributed by atoms with E-state index in [1.54, 1.807) is 6.08 Å². The Balaban J connectivity index is 3.70. The molecule has 0 saturated carbocycles. The van der Waals surface area contributed by atoms with Crippen molar-refractivity contribution in [3.8, 4) is 0 Å². The molecule has 0 radical (unpaired) electrons. The van der Waals surface area contributed by atoms with Crippen molar-refractivity contribution in [2.24, 2.45) is 0 Å². The third-order valence-electron chi connectivity index (χ3n) is 2.19. The van der Waals surface area contributed by atoms with E-state index in [1.807, 2.05) is 6.08 Å². The van der Waals surface area contributed by atoms with Crippen LogP contribution in [0.15, 0.2) is 12.2 Å². The monoisotopic (exact) mass is 374 g/mol. The van der Waals surface area contributed by atoms with Crippen LogP contribution in [-0.4, -0.2) is 23.7 Å². The van der Waals surface area contributed by atoms with E-state index in [4.69, 9.17) is 0 Å². The van der Waals surface area contributed by atoms with Crippen LogP contribution < -0.4 is 0 Å². The molecule has 0 aromatic carbocycles. The Morgan fingerprint density at radius 1 is 1.25 bits per heavy atom. The fraction of sp³-hybridized carbons (Fsp3) is 0.818. The first-order valence-electron chi connectivity index (χ1n) is 5.59.